The van der Waals surface area contributed by atoms with E-state index in [9.17, 15) is 13.7 Å². The minimum atomic E-state index is -2.90. The Kier molecular flexibility index (Phi) is 2.89. The number of nitrogens with zero attached hydrogens (tertiary/aromatic N) is 2. The summed E-state index contributed by atoms with van der Waals surface area (Å²) in [4.78, 5) is 0.264. The van der Waals surface area contributed by atoms with Gasteiger partial charge in [0, 0.05) is 11.8 Å². The molecule has 0 spiro atoms. The van der Waals surface area contributed by atoms with Crippen LogP contribution < -0.4 is 0 Å². The van der Waals surface area contributed by atoms with Crippen molar-refractivity contribution in [2.45, 2.75) is 23.8 Å². The van der Waals surface area contributed by atoms with Crippen molar-refractivity contribution in [2.75, 3.05) is 6.26 Å². The van der Waals surface area contributed by atoms with E-state index in [1.54, 1.807) is 0 Å². The summed E-state index contributed by atoms with van der Waals surface area (Å²) < 4.78 is 29.1. The van der Waals surface area contributed by atoms with Crippen molar-refractivity contribution < 1.29 is 13.7 Å². The number of rotatable bonds is 1. The fourth-order valence-electron chi connectivity index (χ4n) is 2.12. The smallest absolute Gasteiger partial charge is 0.214 e. The fourth-order valence-corrected chi connectivity index (χ4v) is 3.36. The van der Waals surface area contributed by atoms with E-state index in [0.29, 0.717) is 24.0 Å². The molecule has 0 radical (unpaired) electrons. The lowest BCUT2D eigenvalue weighted by atomic mass is 10.1. The Bertz CT molecular complexity index is 627. The number of halogens is 1. The highest BCUT2D eigenvalue weighted by Gasteiger charge is 2.29. The fraction of sp³-hybridized carbons (Fsp3) is 0.364. The highest BCUT2D eigenvalue weighted by molar-refractivity contribution is 7.93. The van der Waals surface area contributed by atoms with Crippen LogP contribution in [0.4, 0.5) is 4.39 Å². The number of aliphatic hydroxyl groups excluding tert-OH is 1. The zero-order valence-electron chi connectivity index (χ0n) is 9.18. The quantitative estimate of drug-likeness (QED) is 0.776. The second kappa shape index (κ2) is 4.09. The first-order valence-corrected chi connectivity index (χ1v) is 6.99. The first-order chi connectivity index (χ1) is 7.97. The van der Waals surface area contributed by atoms with Gasteiger partial charge in [0.15, 0.2) is 0 Å². The van der Waals surface area contributed by atoms with Gasteiger partial charge in [-0.1, -0.05) is 0 Å². The van der Waals surface area contributed by atoms with Crippen molar-refractivity contribution in [1.82, 2.24) is 0 Å². The maximum absolute atomic E-state index is 13.5. The molecule has 1 aliphatic rings. The SMILES string of the molecule is CS(=O)(=NC#N)c1ccc(F)c2c1C(O)CC2. The van der Waals surface area contributed by atoms with E-state index in [-0.39, 0.29) is 4.90 Å². The maximum atomic E-state index is 13.5. The Labute approximate surface area is 98.9 Å². The van der Waals surface area contributed by atoms with E-state index in [1.165, 1.54) is 24.6 Å². The molecular weight excluding hydrogens is 243 g/mol. The van der Waals surface area contributed by atoms with E-state index >= 15 is 0 Å². The van der Waals surface area contributed by atoms with Crippen molar-refractivity contribution in [2.24, 2.45) is 4.36 Å². The second-order valence-corrected chi connectivity index (χ2v) is 6.21. The van der Waals surface area contributed by atoms with Crippen LogP contribution in [0.5, 0.6) is 0 Å². The van der Waals surface area contributed by atoms with Gasteiger partial charge in [0.2, 0.25) is 6.19 Å². The standard InChI is InChI=1S/C11H11FN2O2S/c1-17(16,14-6-13)10-5-3-8(12)7-2-4-9(15)11(7)10/h3,5,9,15H,2,4H2,1H3. The monoisotopic (exact) mass is 254 g/mol. The number of aliphatic hydroxyl groups is 1. The lowest BCUT2D eigenvalue weighted by Crippen LogP contribution is -2.06. The lowest BCUT2D eigenvalue weighted by molar-refractivity contribution is 0.177. The summed E-state index contributed by atoms with van der Waals surface area (Å²) >= 11 is 0. The van der Waals surface area contributed by atoms with E-state index in [1.807, 2.05) is 0 Å². The molecule has 0 saturated carbocycles. The van der Waals surface area contributed by atoms with Crippen molar-refractivity contribution in [3.05, 3.63) is 29.1 Å². The molecule has 0 heterocycles. The van der Waals surface area contributed by atoms with Crippen molar-refractivity contribution in [3.8, 4) is 6.19 Å². The summed E-state index contributed by atoms with van der Waals surface area (Å²) in [6.07, 6.45) is 2.81. The average molecular weight is 254 g/mol. The number of fused-ring (bicyclic) bond motifs is 1. The van der Waals surface area contributed by atoms with Gasteiger partial charge in [0.05, 0.1) is 20.7 Å². The molecule has 4 nitrogen and oxygen atoms in total. The van der Waals surface area contributed by atoms with Crippen LogP contribution in [0.2, 0.25) is 0 Å². The maximum Gasteiger partial charge on any atom is 0.214 e. The third kappa shape index (κ3) is 1.92. The van der Waals surface area contributed by atoms with Crippen molar-refractivity contribution in [1.29, 1.82) is 5.26 Å². The molecule has 2 unspecified atom stereocenters. The molecule has 2 rings (SSSR count). The predicted octanol–water partition coefficient (Wildman–Crippen LogP) is 1.74. The van der Waals surface area contributed by atoms with Crippen LogP contribution in [-0.4, -0.2) is 15.6 Å². The molecule has 0 aliphatic heterocycles. The predicted molar refractivity (Wildman–Crippen MR) is 60.1 cm³/mol. The molecule has 0 aromatic heterocycles. The van der Waals surface area contributed by atoms with Crippen molar-refractivity contribution >= 4 is 9.73 Å². The van der Waals surface area contributed by atoms with Crippen LogP contribution in [-0.2, 0) is 16.1 Å². The summed E-state index contributed by atoms with van der Waals surface area (Å²) in [6, 6.07) is 2.55. The Balaban J connectivity index is 2.76. The van der Waals surface area contributed by atoms with Gasteiger partial charge in [-0.3, -0.25) is 0 Å². The summed E-state index contributed by atoms with van der Waals surface area (Å²) in [5.41, 5.74) is 0.731. The molecule has 0 fully saturated rings. The largest absolute Gasteiger partial charge is 0.388 e. The summed E-state index contributed by atoms with van der Waals surface area (Å²) in [7, 11) is -2.90. The molecule has 6 heteroatoms. The number of hydrogen-bond acceptors (Lipinski definition) is 4. The lowest BCUT2D eigenvalue weighted by Gasteiger charge is -2.12. The molecule has 2 atom stereocenters. The first kappa shape index (κ1) is 12.0. The molecule has 1 aromatic rings. The third-order valence-electron chi connectivity index (χ3n) is 2.88. The molecule has 1 aromatic carbocycles. The zero-order valence-corrected chi connectivity index (χ0v) is 10.00. The van der Waals surface area contributed by atoms with Crippen LogP contribution in [0.1, 0.15) is 23.7 Å². The van der Waals surface area contributed by atoms with Crippen LogP contribution in [0.25, 0.3) is 0 Å². The Hall–Kier alpha value is -1.45. The molecule has 0 bridgehead atoms. The van der Waals surface area contributed by atoms with Gasteiger partial charge in [-0.15, -0.1) is 4.36 Å². The number of hydrogen-bond donors (Lipinski definition) is 1. The normalized spacial score (nSPS) is 21.4. The van der Waals surface area contributed by atoms with E-state index in [4.69, 9.17) is 5.26 Å². The van der Waals surface area contributed by atoms with Gasteiger partial charge < -0.3 is 5.11 Å². The molecular formula is C11H11FN2O2S. The van der Waals surface area contributed by atoms with Crippen molar-refractivity contribution in [3.63, 3.8) is 0 Å². The van der Waals surface area contributed by atoms with Gasteiger partial charge in [0.25, 0.3) is 0 Å². The molecule has 90 valence electrons. The first-order valence-electron chi connectivity index (χ1n) is 5.07. The van der Waals surface area contributed by atoms with Crippen LogP contribution in [0, 0.1) is 17.3 Å². The van der Waals surface area contributed by atoms with E-state index in [2.05, 4.69) is 4.36 Å². The van der Waals surface area contributed by atoms with E-state index in [0.717, 1.165) is 0 Å². The summed E-state index contributed by atoms with van der Waals surface area (Å²) in [5, 5.41) is 18.3. The minimum absolute atomic E-state index is 0.264. The molecule has 17 heavy (non-hydrogen) atoms. The van der Waals surface area contributed by atoms with Gasteiger partial charge in [-0.25, -0.2) is 8.60 Å². The highest BCUT2D eigenvalue weighted by Crippen LogP contribution is 2.37. The summed E-state index contributed by atoms with van der Waals surface area (Å²) in [5.74, 6) is -0.410. The average Bonchev–Trinajstić information content (AvgIpc) is 2.62. The summed E-state index contributed by atoms with van der Waals surface area (Å²) in [6.45, 7) is 0. The van der Waals surface area contributed by atoms with Gasteiger partial charge in [-0.2, -0.15) is 5.26 Å². The number of benzene rings is 1. The zero-order chi connectivity index (χ0) is 12.6. The van der Waals surface area contributed by atoms with Crippen LogP contribution in [0.15, 0.2) is 21.4 Å². The molecule has 1 N–H and O–H groups in total. The molecule has 0 saturated heterocycles. The Morgan fingerprint density at radius 3 is 3.00 bits per heavy atom. The van der Waals surface area contributed by atoms with Crippen LogP contribution >= 0.6 is 0 Å². The van der Waals surface area contributed by atoms with Gasteiger partial charge in [0.1, 0.15) is 5.82 Å². The Morgan fingerprint density at radius 2 is 2.35 bits per heavy atom. The minimum Gasteiger partial charge on any atom is -0.388 e. The van der Waals surface area contributed by atoms with E-state index < -0.39 is 21.7 Å². The topological polar surface area (TPSA) is 73.5 Å². The third-order valence-corrected chi connectivity index (χ3v) is 4.49. The van der Waals surface area contributed by atoms with Gasteiger partial charge in [-0.05, 0) is 30.5 Å². The second-order valence-electron chi connectivity index (χ2n) is 3.99. The van der Waals surface area contributed by atoms with Crippen LogP contribution in [0.3, 0.4) is 0 Å². The molecule has 1 aliphatic carbocycles. The highest BCUT2D eigenvalue weighted by atomic mass is 32.2. The Morgan fingerprint density at radius 1 is 1.65 bits per heavy atom. The number of nitriles is 1. The van der Waals surface area contributed by atoms with Gasteiger partial charge >= 0.3 is 0 Å². The molecule has 0 amide bonds.